The molecule has 0 saturated carbocycles. The van der Waals surface area contributed by atoms with Gasteiger partial charge in [-0.05, 0) is 30.7 Å². The van der Waals surface area contributed by atoms with Crippen molar-refractivity contribution in [2.75, 3.05) is 27.2 Å². The first-order valence-electron chi connectivity index (χ1n) is 11.5. The highest BCUT2D eigenvalue weighted by Crippen LogP contribution is 2.29. The van der Waals surface area contributed by atoms with Gasteiger partial charge in [-0.1, -0.05) is 18.2 Å². The Kier molecular flexibility index (Phi) is 6.13. The molecular weight excluding hydrogens is 444 g/mol. The van der Waals surface area contributed by atoms with E-state index in [0.29, 0.717) is 36.3 Å². The lowest BCUT2D eigenvalue weighted by atomic mass is 10.0. The molecule has 1 fully saturated rings. The Morgan fingerprint density at radius 1 is 1.14 bits per heavy atom. The zero-order valence-electron chi connectivity index (χ0n) is 19.6. The molecule has 4 aromatic rings. The van der Waals surface area contributed by atoms with E-state index in [0.717, 1.165) is 29.1 Å². The van der Waals surface area contributed by atoms with E-state index in [1.165, 1.54) is 6.20 Å². The number of carbonyl (C=O) groups excluding carboxylic acids is 2. The number of para-hydroxylation sites is 1. The number of ether oxygens (including phenoxy) is 1. The topological polar surface area (TPSA) is 102 Å². The predicted octanol–water partition coefficient (Wildman–Crippen LogP) is 2.71. The van der Waals surface area contributed by atoms with Gasteiger partial charge in [-0.15, -0.1) is 0 Å². The summed E-state index contributed by atoms with van der Waals surface area (Å²) in [5.74, 6) is 0.648. The average molecular weight is 471 g/mol. The molecule has 3 aromatic heterocycles. The average Bonchev–Trinajstić information content (AvgIpc) is 3.56. The molecule has 0 radical (unpaired) electrons. The molecule has 1 atom stereocenters. The minimum atomic E-state index is -0.227. The molecule has 1 aromatic carbocycles. The molecule has 2 amide bonds. The van der Waals surface area contributed by atoms with Gasteiger partial charge in [0.25, 0.3) is 11.8 Å². The Morgan fingerprint density at radius 3 is 2.80 bits per heavy atom. The van der Waals surface area contributed by atoms with Crippen molar-refractivity contribution in [3.63, 3.8) is 0 Å². The Balaban J connectivity index is 1.33. The van der Waals surface area contributed by atoms with Crippen LogP contribution in [0.1, 0.15) is 50.0 Å². The van der Waals surface area contributed by atoms with E-state index in [-0.39, 0.29) is 17.7 Å². The third-order valence-corrected chi connectivity index (χ3v) is 6.42. The van der Waals surface area contributed by atoms with E-state index in [9.17, 15) is 9.59 Å². The highest BCUT2D eigenvalue weighted by Gasteiger charge is 2.30. The van der Waals surface area contributed by atoms with E-state index in [4.69, 9.17) is 4.74 Å². The van der Waals surface area contributed by atoms with Crippen molar-refractivity contribution in [1.82, 2.24) is 29.8 Å². The van der Waals surface area contributed by atoms with Crippen LogP contribution in [0.4, 0.5) is 0 Å². The van der Waals surface area contributed by atoms with E-state index >= 15 is 0 Å². The van der Waals surface area contributed by atoms with E-state index in [2.05, 4.69) is 20.4 Å². The van der Waals surface area contributed by atoms with E-state index in [1.54, 1.807) is 37.1 Å². The fraction of sp³-hybridized carbons (Fsp3) is 0.269. The van der Waals surface area contributed by atoms with Crippen LogP contribution in [-0.2, 0) is 6.42 Å². The number of amides is 2. The number of pyridine rings is 1. The van der Waals surface area contributed by atoms with Gasteiger partial charge in [-0.3, -0.25) is 14.6 Å². The number of hydrogen-bond donors (Lipinski definition) is 1. The number of nitrogens with zero attached hydrogens (tertiary/aromatic N) is 5. The van der Waals surface area contributed by atoms with Gasteiger partial charge < -0.3 is 15.0 Å². The summed E-state index contributed by atoms with van der Waals surface area (Å²) in [5.41, 5.74) is 4.33. The van der Waals surface area contributed by atoms with E-state index < -0.39 is 0 Å². The van der Waals surface area contributed by atoms with Crippen LogP contribution in [0, 0.1) is 0 Å². The first-order valence-corrected chi connectivity index (χ1v) is 11.5. The molecule has 178 valence electrons. The summed E-state index contributed by atoms with van der Waals surface area (Å²) in [7, 11) is 3.23. The lowest BCUT2D eigenvalue weighted by Gasteiger charge is -2.17. The quantitative estimate of drug-likeness (QED) is 0.465. The number of hydrogen-bond acceptors (Lipinski definition) is 6. The second kappa shape index (κ2) is 9.54. The predicted molar refractivity (Wildman–Crippen MR) is 130 cm³/mol. The minimum Gasteiger partial charge on any atom is -0.496 e. The van der Waals surface area contributed by atoms with Crippen LogP contribution in [0.3, 0.4) is 0 Å². The number of benzene rings is 1. The zero-order valence-corrected chi connectivity index (χ0v) is 19.6. The summed E-state index contributed by atoms with van der Waals surface area (Å²) >= 11 is 0. The lowest BCUT2D eigenvalue weighted by molar-refractivity contribution is 0.0790. The number of methoxy groups -OCH3 is 1. The molecule has 9 heteroatoms. The second-order valence-corrected chi connectivity index (χ2v) is 8.50. The van der Waals surface area contributed by atoms with Crippen LogP contribution in [0.25, 0.3) is 5.65 Å². The number of likely N-dealkylation sites (tertiary alicyclic amines) is 1. The maximum atomic E-state index is 13.3. The summed E-state index contributed by atoms with van der Waals surface area (Å²) in [6.07, 6.45) is 6.29. The Morgan fingerprint density at radius 2 is 1.97 bits per heavy atom. The number of fused-ring (bicyclic) bond motifs is 1. The van der Waals surface area contributed by atoms with Gasteiger partial charge in [-0.2, -0.15) is 5.10 Å². The second-order valence-electron chi connectivity index (χ2n) is 8.50. The Hall–Kier alpha value is -4.27. The molecule has 0 bridgehead atoms. The zero-order chi connectivity index (χ0) is 24.4. The van der Waals surface area contributed by atoms with Gasteiger partial charge in [0.1, 0.15) is 11.3 Å². The van der Waals surface area contributed by atoms with Crippen molar-refractivity contribution in [2.45, 2.75) is 18.8 Å². The van der Waals surface area contributed by atoms with Crippen molar-refractivity contribution in [3.8, 4) is 5.75 Å². The molecule has 35 heavy (non-hydrogen) atoms. The maximum absolute atomic E-state index is 13.3. The standard InChI is InChI=1S/C26H26N6O3/c1-27-25(33)21-15-30-32-22(8-11-29-24(21)32)19-9-12-31(16-19)26(34)18-7-10-28-20(14-18)13-17-5-3-4-6-23(17)35-2/h3-8,10-11,14-15,19H,9,12-13,16H2,1-2H3,(H,27,33). The normalized spacial score (nSPS) is 15.4. The first-order chi connectivity index (χ1) is 17.1. The first kappa shape index (κ1) is 22.5. The molecule has 1 unspecified atom stereocenters. The third kappa shape index (κ3) is 4.32. The molecular formula is C26H26N6O3. The monoisotopic (exact) mass is 470 g/mol. The van der Waals surface area contributed by atoms with Gasteiger partial charge in [-0.25, -0.2) is 9.50 Å². The summed E-state index contributed by atoms with van der Waals surface area (Å²) in [5, 5.41) is 7.01. The molecule has 9 nitrogen and oxygen atoms in total. The summed E-state index contributed by atoms with van der Waals surface area (Å²) in [6, 6.07) is 13.3. The number of aromatic nitrogens is 4. The molecule has 1 N–H and O–H groups in total. The van der Waals surface area contributed by atoms with Crippen LogP contribution >= 0.6 is 0 Å². The smallest absolute Gasteiger partial charge is 0.256 e. The Bertz CT molecular complexity index is 1400. The SMILES string of the molecule is CNC(=O)c1cnn2c(C3CCN(C(=O)c4ccnc(Cc5ccccc5OC)c4)C3)ccnc12. The molecule has 1 saturated heterocycles. The van der Waals surface area contributed by atoms with Crippen LogP contribution in [0.15, 0.2) is 61.1 Å². The molecule has 0 spiro atoms. The van der Waals surface area contributed by atoms with Gasteiger partial charge in [0, 0.05) is 61.7 Å². The molecule has 4 heterocycles. The summed E-state index contributed by atoms with van der Waals surface area (Å²) in [4.78, 5) is 36.1. The molecule has 0 aliphatic carbocycles. The molecule has 1 aliphatic heterocycles. The number of rotatable bonds is 6. The van der Waals surface area contributed by atoms with Gasteiger partial charge in [0.15, 0.2) is 5.65 Å². The largest absolute Gasteiger partial charge is 0.496 e. The van der Waals surface area contributed by atoms with Gasteiger partial charge in [0.05, 0.1) is 19.0 Å². The third-order valence-electron chi connectivity index (χ3n) is 6.42. The van der Waals surface area contributed by atoms with Crippen molar-refractivity contribution in [1.29, 1.82) is 0 Å². The van der Waals surface area contributed by atoms with Crippen LogP contribution in [0.5, 0.6) is 5.75 Å². The van der Waals surface area contributed by atoms with Crippen LogP contribution < -0.4 is 10.1 Å². The minimum absolute atomic E-state index is 0.0204. The Labute approximate surface area is 202 Å². The maximum Gasteiger partial charge on any atom is 0.256 e. The summed E-state index contributed by atoms with van der Waals surface area (Å²) in [6.45, 7) is 1.21. The van der Waals surface area contributed by atoms with Crippen molar-refractivity contribution >= 4 is 17.5 Å². The van der Waals surface area contributed by atoms with E-state index in [1.807, 2.05) is 41.3 Å². The molecule has 5 rings (SSSR count). The lowest BCUT2D eigenvalue weighted by Crippen LogP contribution is -2.28. The van der Waals surface area contributed by atoms with Gasteiger partial charge in [0.2, 0.25) is 0 Å². The van der Waals surface area contributed by atoms with Crippen molar-refractivity contribution in [3.05, 3.63) is 89.1 Å². The summed E-state index contributed by atoms with van der Waals surface area (Å²) < 4.78 is 7.15. The fourth-order valence-electron chi connectivity index (χ4n) is 4.63. The van der Waals surface area contributed by atoms with Crippen LogP contribution in [0.2, 0.25) is 0 Å². The van der Waals surface area contributed by atoms with Crippen molar-refractivity contribution in [2.24, 2.45) is 0 Å². The van der Waals surface area contributed by atoms with Crippen LogP contribution in [-0.4, -0.2) is 63.5 Å². The van der Waals surface area contributed by atoms with Gasteiger partial charge >= 0.3 is 0 Å². The van der Waals surface area contributed by atoms with Crippen molar-refractivity contribution < 1.29 is 14.3 Å². The highest BCUT2D eigenvalue weighted by atomic mass is 16.5. The number of carbonyl (C=O) groups is 2. The molecule has 1 aliphatic rings. The fourth-order valence-corrected chi connectivity index (χ4v) is 4.63. The highest BCUT2D eigenvalue weighted by molar-refractivity contribution is 5.99. The number of nitrogens with one attached hydrogen (secondary N) is 1.